The van der Waals surface area contributed by atoms with Gasteiger partial charge in [-0.3, -0.25) is 4.79 Å². The summed E-state index contributed by atoms with van der Waals surface area (Å²) < 4.78 is 5.21. The first-order valence-electron chi connectivity index (χ1n) is 4.73. The number of hydrogen-bond donors (Lipinski definition) is 2. The van der Waals surface area contributed by atoms with E-state index in [2.05, 4.69) is 15.5 Å². The van der Waals surface area contributed by atoms with E-state index in [9.17, 15) is 4.79 Å². The standard InChI is InChI=1S/C9H12N4O2/c10-9(14)7-1-2-8(13-12-7)11-6-3-4-15-5-6/h1-2,6H,3-5H2,(H2,10,14)(H,11,13). The van der Waals surface area contributed by atoms with Gasteiger partial charge in [-0.25, -0.2) is 0 Å². The number of nitrogens with one attached hydrogen (secondary N) is 1. The van der Waals surface area contributed by atoms with Crippen LogP contribution in [0.5, 0.6) is 0 Å². The number of anilines is 1. The van der Waals surface area contributed by atoms with Gasteiger partial charge in [0.15, 0.2) is 5.69 Å². The van der Waals surface area contributed by atoms with Gasteiger partial charge in [0.2, 0.25) is 0 Å². The zero-order valence-electron chi connectivity index (χ0n) is 8.14. The first-order chi connectivity index (χ1) is 7.25. The van der Waals surface area contributed by atoms with E-state index in [0.717, 1.165) is 13.0 Å². The van der Waals surface area contributed by atoms with Crippen LogP contribution in [0.4, 0.5) is 5.82 Å². The zero-order chi connectivity index (χ0) is 10.7. The molecule has 1 fully saturated rings. The second-order valence-electron chi connectivity index (χ2n) is 3.37. The second kappa shape index (κ2) is 4.22. The van der Waals surface area contributed by atoms with Crippen LogP contribution in [0.25, 0.3) is 0 Å². The maximum absolute atomic E-state index is 10.7. The Bertz CT molecular complexity index is 346. The zero-order valence-corrected chi connectivity index (χ0v) is 8.14. The van der Waals surface area contributed by atoms with Gasteiger partial charge >= 0.3 is 0 Å². The summed E-state index contributed by atoms with van der Waals surface area (Å²) in [5, 5.41) is 10.7. The number of carbonyl (C=O) groups is 1. The lowest BCUT2D eigenvalue weighted by atomic mass is 10.2. The van der Waals surface area contributed by atoms with Crippen molar-refractivity contribution in [1.82, 2.24) is 10.2 Å². The molecule has 15 heavy (non-hydrogen) atoms. The van der Waals surface area contributed by atoms with E-state index < -0.39 is 5.91 Å². The van der Waals surface area contributed by atoms with E-state index in [1.807, 2.05) is 0 Å². The molecule has 1 aliphatic heterocycles. The topological polar surface area (TPSA) is 90.1 Å². The molecule has 3 N–H and O–H groups in total. The summed E-state index contributed by atoms with van der Waals surface area (Å²) >= 11 is 0. The van der Waals surface area contributed by atoms with E-state index in [-0.39, 0.29) is 11.7 Å². The molecule has 0 radical (unpaired) electrons. The Morgan fingerprint density at radius 3 is 2.93 bits per heavy atom. The average Bonchev–Trinajstić information content (AvgIpc) is 2.71. The third-order valence-corrected chi connectivity index (χ3v) is 2.20. The van der Waals surface area contributed by atoms with Crippen LogP contribution in [0.3, 0.4) is 0 Å². The number of rotatable bonds is 3. The predicted molar refractivity (Wildman–Crippen MR) is 53.4 cm³/mol. The number of aromatic nitrogens is 2. The summed E-state index contributed by atoms with van der Waals surface area (Å²) in [4.78, 5) is 10.7. The van der Waals surface area contributed by atoms with Gasteiger partial charge in [0, 0.05) is 6.61 Å². The highest BCUT2D eigenvalue weighted by Gasteiger charge is 2.15. The number of carbonyl (C=O) groups excluding carboxylic acids is 1. The van der Waals surface area contributed by atoms with Crippen molar-refractivity contribution in [3.8, 4) is 0 Å². The van der Waals surface area contributed by atoms with Crippen LogP contribution in [0.1, 0.15) is 16.9 Å². The van der Waals surface area contributed by atoms with E-state index >= 15 is 0 Å². The van der Waals surface area contributed by atoms with Crippen molar-refractivity contribution < 1.29 is 9.53 Å². The lowest BCUT2D eigenvalue weighted by molar-refractivity contribution is 0.0994. The predicted octanol–water partition coefficient (Wildman–Crippen LogP) is -0.224. The van der Waals surface area contributed by atoms with Crippen LogP contribution < -0.4 is 11.1 Å². The molecule has 0 saturated carbocycles. The monoisotopic (exact) mass is 208 g/mol. The summed E-state index contributed by atoms with van der Waals surface area (Å²) in [6.45, 7) is 1.45. The molecule has 1 aliphatic rings. The van der Waals surface area contributed by atoms with Gasteiger partial charge in [-0.15, -0.1) is 10.2 Å². The average molecular weight is 208 g/mol. The van der Waals surface area contributed by atoms with Crippen LogP contribution in [0.15, 0.2) is 12.1 Å². The number of nitrogens with zero attached hydrogens (tertiary/aromatic N) is 2. The van der Waals surface area contributed by atoms with Crippen molar-refractivity contribution in [3.05, 3.63) is 17.8 Å². The number of ether oxygens (including phenoxy) is 1. The van der Waals surface area contributed by atoms with E-state index in [1.165, 1.54) is 0 Å². The number of primary amides is 1. The van der Waals surface area contributed by atoms with Crippen LogP contribution in [0.2, 0.25) is 0 Å². The van der Waals surface area contributed by atoms with Crippen molar-refractivity contribution in [1.29, 1.82) is 0 Å². The van der Waals surface area contributed by atoms with Gasteiger partial charge in [-0.1, -0.05) is 0 Å². The smallest absolute Gasteiger partial charge is 0.269 e. The summed E-state index contributed by atoms with van der Waals surface area (Å²) in [5.74, 6) is 0.0637. The van der Waals surface area contributed by atoms with Crippen LogP contribution in [-0.2, 0) is 4.74 Å². The van der Waals surface area contributed by atoms with Crippen LogP contribution in [-0.4, -0.2) is 35.4 Å². The van der Waals surface area contributed by atoms with E-state index in [1.54, 1.807) is 12.1 Å². The molecule has 1 saturated heterocycles. The molecule has 1 aromatic rings. The Morgan fingerprint density at radius 2 is 2.40 bits per heavy atom. The Hall–Kier alpha value is -1.69. The first-order valence-corrected chi connectivity index (χ1v) is 4.73. The van der Waals surface area contributed by atoms with Gasteiger partial charge in [-0.2, -0.15) is 0 Å². The van der Waals surface area contributed by atoms with Crippen molar-refractivity contribution in [2.45, 2.75) is 12.5 Å². The third-order valence-electron chi connectivity index (χ3n) is 2.20. The molecule has 1 aromatic heterocycles. The Morgan fingerprint density at radius 1 is 1.53 bits per heavy atom. The maximum Gasteiger partial charge on any atom is 0.269 e. The van der Waals surface area contributed by atoms with Crippen molar-refractivity contribution in [2.75, 3.05) is 18.5 Å². The largest absolute Gasteiger partial charge is 0.379 e. The number of hydrogen-bond acceptors (Lipinski definition) is 5. The highest BCUT2D eigenvalue weighted by molar-refractivity contribution is 5.90. The molecule has 1 unspecified atom stereocenters. The molecule has 2 rings (SSSR count). The van der Waals surface area contributed by atoms with Crippen molar-refractivity contribution >= 4 is 11.7 Å². The molecule has 0 bridgehead atoms. The third kappa shape index (κ3) is 2.41. The Kier molecular flexibility index (Phi) is 2.77. The van der Waals surface area contributed by atoms with E-state index in [4.69, 9.17) is 10.5 Å². The first kappa shape index (κ1) is 9.85. The molecule has 80 valence electrons. The molecular formula is C9H12N4O2. The SMILES string of the molecule is NC(=O)c1ccc(NC2CCOC2)nn1. The Balaban J connectivity index is 2.00. The normalized spacial score (nSPS) is 20.1. The van der Waals surface area contributed by atoms with Gasteiger partial charge in [0.05, 0.1) is 12.6 Å². The minimum Gasteiger partial charge on any atom is -0.379 e. The summed E-state index contributed by atoms with van der Waals surface area (Å²) in [6, 6.07) is 3.51. The Labute approximate surface area is 86.8 Å². The molecule has 0 spiro atoms. The van der Waals surface area contributed by atoms with Gasteiger partial charge in [0.1, 0.15) is 5.82 Å². The molecule has 0 aromatic carbocycles. The molecular weight excluding hydrogens is 196 g/mol. The lowest BCUT2D eigenvalue weighted by Crippen LogP contribution is -2.20. The number of nitrogens with two attached hydrogens (primary N) is 1. The quantitative estimate of drug-likeness (QED) is 0.716. The highest BCUT2D eigenvalue weighted by atomic mass is 16.5. The molecule has 0 aliphatic carbocycles. The fraction of sp³-hybridized carbons (Fsp3) is 0.444. The second-order valence-corrected chi connectivity index (χ2v) is 3.37. The minimum absolute atomic E-state index is 0.170. The number of amides is 1. The fourth-order valence-electron chi connectivity index (χ4n) is 1.40. The highest BCUT2D eigenvalue weighted by Crippen LogP contribution is 2.10. The van der Waals surface area contributed by atoms with Gasteiger partial charge < -0.3 is 15.8 Å². The van der Waals surface area contributed by atoms with Crippen LogP contribution in [0, 0.1) is 0 Å². The summed E-state index contributed by atoms with van der Waals surface area (Å²) in [7, 11) is 0. The van der Waals surface area contributed by atoms with E-state index in [0.29, 0.717) is 12.4 Å². The molecule has 6 heteroatoms. The van der Waals surface area contributed by atoms with Crippen molar-refractivity contribution in [2.24, 2.45) is 5.73 Å². The summed E-state index contributed by atoms with van der Waals surface area (Å²) in [6.07, 6.45) is 0.958. The van der Waals surface area contributed by atoms with Crippen LogP contribution >= 0.6 is 0 Å². The van der Waals surface area contributed by atoms with Gasteiger partial charge in [-0.05, 0) is 18.6 Å². The lowest BCUT2D eigenvalue weighted by Gasteiger charge is -2.09. The molecule has 1 amide bonds. The molecule has 6 nitrogen and oxygen atoms in total. The molecule has 2 heterocycles. The van der Waals surface area contributed by atoms with Gasteiger partial charge in [0.25, 0.3) is 5.91 Å². The van der Waals surface area contributed by atoms with Crippen molar-refractivity contribution in [3.63, 3.8) is 0 Å². The fourth-order valence-corrected chi connectivity index (χ4v) is 1.40. The molecule has 1 atom stereocenters. The maximum atomic E-state index is 10.7. The minimum atomic E-state index is -0.571. The summed E-state index contributed by atoms with van der Waals surface area (Å²) in [5.41, 5.74) is 5.22.